The Kier molecular flexibility index (Phi) is 8.01. The van der Waals surface area contributed by atoms with Crippen molar-refractivity contribution >= 4 is 23.7 Å². The van der Waals surface area contributed by atoms with Gasteiger partial charge in [-0.1, -0.05) is 19.5 Å². The molecule has 1 fully saturated rings. The normalized spacial score (nSPS) is 20.3. The van der Waals surface area contributed by atoms with Crippen LogP contribution >= 0.6 is 0 Å². The zero-order valence-corrected chi connectivity index (χ0v) is 19.5. The molecule has 1 saturated heterocycles. The number of anilines is 2. The van der Waals surface area contributed by atoms with E-state index in [9.17, 15) is 31.5 Å². The Balaban J connectivity index is 0.00000363. The van der Waals surface area contributed by atoms with E-state index in [2.05, 4.69) is 15.3 Å². The van der Waals surface area contributed by atoms with Gasteiger partial charge in [-0.15, -0.1) is 0 Å². The number of carbonyl (C=O) groups is 1. The monoisotopic (exact) mass is 464 g/mol. The SMILES string of the molecule is CC1CN(c2ncc(C(F)(F)F)cc2C(=O)Nc2ccnc([C-]=O)c2)CC(C)C1(F)F.[Na+]. The Morgan fingerprint density at radius 3 is 2.38 bits per heavy atom. The average molecular weight is 464 g/mol. The summed E-state index contributed by atoms with van der Waals surface area (Å²) >= 11 is 0. The molecule has 2 aromatic heterocycles. The van der Waals surface area contributed by atoms with Crippen LogP contribution in [-0.2, 0) is 11.0 Å². The van der Waals surface area contributed by atoms with Crippen molar-refractivity contribution in [3.8, 4) is 0 Å². The molecule has 0 aromatic carbocycles. The molecule has 1 aliphatic heterocycles. The molecular weight excluding hydrogens is 446 g/mol. The molecule has 0 aliphatic carbocycles. The van der Waals surface area contributed by atoms with Gasteiger partial charge in [0, 0.05) is 43.6 Å². The van der Waals surface area contributed by atoms with Crippen molar-refractivity contribution in [2.75, 3.05) is 23.3 Å². The smallest absolute Gasteiger partial charge is 0.417 e. The fourth-order valence-electron chi connectivity index (χ4n) is 3.43. The van der Waals surface area contributed by atoms with Gasteiger partial charge in [0.1, 0.15) is 5.82 Å². The second-order valence-corrected chi connectivity index (χ2v) is 7.46. The van der Waals surface area contributed by atoms with Crippen LogP contribution in [0, 0.1) is 11.8 Å². The number of amides is 1. The van der Waals surface area contributed by atoms with E-state index in [1.165, 1.54) is 43.4 Å². The molecule has 0 saturated carbocycles. The van der Waals surface area contributed by atoms with E-state index in [1.54, 1.807) is 0 Å². The number of hydrogen-bond acceptors (Lipinski definition) is 5. The summed E-state index contributed by atoms with van der Waals surface area (Å²) in [6.07, 6.45) is -1.43. The van der Waals surface area contributed by atoms with Crippen LogP contribution in [0.15, 0.2) is 30.6 Å². The first-order valence-electron chi connectivity index (χ1n) is 9.29. The summed E-state index contributed by atoms with van der Waals surface area (Å²) in [5.74, 6) is -6.21. The Labute approximate surface area is 202 Å². The molecule has 12 heteroatoms. The Morgan fingerprint density at radius 1 is 1.19 bits per heavy atom. The van der Waals surface area contributed by atoms with Crippen LogP contribution in [0.2, 0.25) is 0 Å². The molecule has 0 spiro atoms. The first-order valence-corrected chi connectivity index (χ1v) is 9.29. The van der Waals surface area contributed by atoms with Gasteiger partial charge in [-0.2, -0.15) is 19.2 Å². The molecule has 3 rings (SSSR count). The minimum atomic E-state index is -4.76. The number of nitrogens with one attached hydrogen (secondary N) is 1. The van der Waals surface area contributed by atoms with Crippen molar-refractivity contribution in [3.05, 3.63) is 47.4 Å². The van der Waals surface area contributed by atoms with Crippen molar-refractivity contribution in [3.63, 3.8) is 0 Å². The standard InChI is InChI=1S/C20H18F5N4O2.Na/c1-11-8-29(9-12(2)19(11,21)22)17-16(5-13(7-27-17)20(23,24)25)18(31)28-14-3-4-26-15(6-14)10-30;/h3-7,11-12H,8-9H2,1-2H3,(H,26,28,31);/q-1;+1. The molecular formula is C20H18F5N4NaO2. The van der Waals surface area contributed by atoms with Crippen LogP contribution in [-0.4, -0.2) is 41.2 Å². The van der Waals surface area contributed by atoms with Crippen LogP contribution in [0.25, 0.3) is 0 Å². The summed E-state index contributed by atoms with van der Waals surface area (Å²) in [6, 6.07) is 3.16. The summed E-state index contributed by atoms with van der Waals surface area (Å²) < 4.78 is 68.1. The minimum absolute atomic E-state index is 0. The van der Waals surface area contributed by atoms with E-state index >= 15 is 0 Å². The van der Waals surface area contributed by atoms with Gasteiger partial charge in [0.05, 0.1) is 11.1 Å². The van der Waals surface area contributed by atoms with E-state index in [1.807, 2.05) is 0 Å². The molecule has 2 atom stereocenters. The van der Waals surface area contributed by atoms with Crippen molar-refractivity contribution in [1.82, 2.24) is 9.97 Å². The number of nitrogens with zero attached hydrogens (tertiary/aromatic N) is 3. The first kappa shape index (κ1) is 26.1. The number of carbonyl (C=O) groups excluding carboxylic acids is 2. The van der Waals surface area contributed by atoms with Gasteiger partial charge < -0.3 is 15.0 Å². The summed E-state index contributed by atoms with van der Waals surface area (Å²) in [5, 5.41) is 2.39. The zero-order chi connectivity index (χ0) is 23.0. The topological polar surface area (TPSA) is 75.2 Å². The number of piperidine rings is 1. The molecule has 6 nitrogen and oxygen atoms in total. The molecule has 3 heterocycles. The van der Waals surface area contributed by atoms with Gasteiger partial charge in [-0.3, -0.25) is 9.78 Å². The van der Waals surface area contributed by atoms with Crippen LogP contribution in [0.4, 0.5) is 33.5 Å². The molecule has 2 unspecified atom stereocenters. The Morgan fingerprint density at radius 2 is 1.81 bits per heavy atom. The summed E-state index contributed by atoms with van der Waals surface area (Å²) in [5.41, 5.74) is -1.58. The number of pyridine rings is 2. The Hall–Kier alpha value is -2.11. The van der Waals surface area contributed by atoms with Crippen molar-refractivity contribution in [1.29, 1.82) is 0 Å². The van der Waals surface area contributed by atoms with E-state index in [0.29, 0.717) is 12.3 Å². The number of alkyl halides is 5. The number of halogens is 5. The summed E-state index contributed by atoms with van der Waals surface area (Å²) in [4.78, 5) is 32.5. The maximum Gasteiger partial charge on any atom is 1.00 e. The van der Waals surface area contributed by atoms with E-state index in [4.69, 9.17) is 0 Å². The van der Waals surface area contributed by atoms with Crippen LogP contribution in [0.1, 0.15) is 35.5 Å². The first-order chi connectivity index (χ1) is 14.4. The van der Waals surface area contributed by atoms with Crippen LogP contribution in [0.3, 0.4) is 0 Å². The predicted molar refractivity (Wildman–Crippen MR) is 102 cm³/mol. The van der Waals surface area contributed by atoms with Gasteiger partial charge in [-0.05, 0) is 17.8 Å². The third-order valence-corrected chi connectivity index (χ3v) is 5.16. The molecule has 1 N–H and O–H groups in total. The second kappa shape index (κ2) is 9.80. The third-order valence-electron chi connectivity index (χ3n) is 5.16. The molecule has 2 aromatic rings. The summed E-state index contributed by atoms with van der Waals surface area (Å²) in [7, 11) is 0. The fourth-order valence-corrected chi connectivity index (χ4v) is 3.43. The average Bonchev–Trinajstić information content (AvgIpc) is 2.71. The third kappa shape index (κ3) is 5.44. The van der Waals surface area contributed by atoms with E-state index in [-0.39, 0.29) is 59.8 Å². The molecule has 0 radical (unpaired) electrons. The minimum Gasteiger partial charge on any atom is -0.417 e. The number of hydrogen-bond donors (Lipinski definition) is 1. The van der Waals surface area contributed by atoms with Gasteiger partial charge in [0.2, 0.25) is 0 Å². The van der Waals surface area contributed by atoms with Crippen molar-refractivity contribution in [2.45, 2.75) is 25.9 Å². The predicted octanol–water partition coefficient (Wildman–Crippen LogP) is 0.937. The van der Waals surface area contributed by atoms with Crippen LogP contribution < -0.4 is 39.8 Å². The zero-order valence-electron chi connectivity index (χ0n) is 17.5. The van der Waals surface area contributed by atoms with Crippen LogP contribution in [0.5, 0.6) is 0 Å². The molecule has 0 bridgehead atoms. The van der Waals surface area contributed by atoms with Gasteiger partial charge in [0.15, 0.2) is 0 Å². The quantitative estimate of drug-likeness (QED) is 0.414. The van der Waals surface area contributed by atoms with Gasteiger partial charge in [0.25, 0.3) is 11.8 Å². The van der Waals surface area contributed by atoms with E-state index in [0.717, 1.165) is 0 Å². The fraction of sp³-hybridized carbons (Fsp3) is 0.400. The number of rotatable bonds is 4. The Bertz CT molecular complexity index is 988. The molecule has 32 heavy (non-hydrogen) atoms. The molecule has 1 aliphatic rings. The van der Waals surface area contributed by atoms with Gasteiger partial charge >= 0.3 is 35.7 Å². The molecule has 1 amide bonds. The summed E-state index contributed by atoms with van der Waals surface area (Å²) in [6.45, 7) is 2.30. The maximum atomic E-state index is 14.2. The second-order valence-electron chi connectivity index (χ2n) is 7.46. The van der Waals surface area contributed by atoms with E-state index < -0.39 is 41.0 Å². The van der Waals surface area contributed by atoms with Gasteiger partial charge in [-0.25, -0.2) is 13.8 Å². The maximum absolute atomic E-state index is 14.2. The molecule has 166 valence electrons. The largest absolute Gasteiger partial charge is 1.00 e. The van der Waals surface area contributed by atoms with Crippen molar-refractivity contribution < 1.29 is 61.1 Å². The van der Waals surface area contributed by atoms with Crippen molar-refractivity contribution in [2.24, 2.45) is 11.8 Å². The number of aromatic nitrogens is 2.